The standard InChI is InChI=1S/C25H27BrF2N4O3/c1-14-9-15(5-8-18(14)23(33)30-17-6-7-17)20-11-29-22-19(10-16(26)12-31(20)22)32(13-21(27)28)24(34)35-25(2,3)4/h5,8-12,17,21H,6-7,13H2,1-4H3,(H,30,33). The van der Waals surface area contributed by atoms with E-state index in [1.807, 2.05) is 19.1 Å². The van der Waals surface area contributed by atoms with Gasteiger partial charge in [0.2, 0.25) is 0 Å². The molecular formula is C25H27BrF2N4O3. The van der Waals surface area contributed by atoms with Gasteiger partial charge in [-0.15, -0.1) is 0 Å². The van der Waals surface area contributed by atoms with Gasteiger partial charge in [0.25, 0.3) is 12.3 Å². The number of imidazole rings is 1. The lowest BCUT2D eigenvalue weighted by molar-refractivity contribution is 0.0543. The lowest BCUT2D eigenvalue weighted by Gasteiger charge is -2.27. The summed E-state index contributed by atoms with van der Waals surface area (Å²) in [5, 5.41) is 2.99. The molecule has 0 aliphatic heterocycles. The number of aromatic nitrogens is 2. The van der Waals surface area contributed by atoms with Gasteiger partial charge in [-0.2, -0.15) is 0 Å². The van der Waals surface area contributed by atoms with E-state index >= 15 is 0 Å². The van der Waals surface area contributed by atoms with Crippen molar-refractivity contribution in [2.75, 3.05) is 11.4 Å². The number of anilines is 1. The van der Waals surface area contributed by atoms with E-state index in [-0.39, 0.29) is 17.6 Å². The van der Waals surface area contributed by atoms with Gasteiger partial charge in [0.05, 0.1) is 24.1 Å². The number of alkyl halides is 2. The lowest BCUT2D eigenvalue weighted by Crippen LogP contribution is -2.40. The SMILES string of the molecule is Cc1cc(-c2cnc3c(N(CC(F)F)C(=O)OC(C)(C)C)cc(Br)cn23)ccc1C(=O)NC1CC1. The van der Waals surface area contributed by atoms with Crippen LogP contribution in [0.3, 0.4) is 0 Å². The number of nitrogens with zero attached hydrogens (tertiary/aromatic N) is 3. The summed E-state index contributed by atoms with van der Waals surface area (Å²) >= 11 is 3.43. The third-order valence-electron chi connectivity index (χ3n) is 5.46. The molecule has 10 heteroatoms. The molecule has 0 atom stereocenters. The highest BCUT2D eigenvalue weighted by atomic mass is 79.9. The average Bonchev–Trinajstić information content (AvgIpc) is 3.45. The number of halogens is 3. The van der Waals surface area contributed by atoms with E-state index in [1.165, 1.54) is 0 Å². The van der Waals surface area contributed by atoms with Crippen molar-refractivity contribution in [1.29, 1.82) is 0 Å². The maximum Gasteiger partial charge on any atom is 0.415 e. The van der Waals surface area contributed by atoms with Gasteiger partial charge in [0.1, 0.15) is 5.60 Å². The summed E-state index contributed by atoms with van der Waals surface area (Å²) in [6.07, 6.45) is 1.72. The third kappa shape index (κ3) is 5.80. The van der Waals surface area contributed by atoms with Crippen LogP contribution in [0, 0.1) is 6.92 Å². The fraction of sp³-hybridized carbons (Fsp3) is 0.400. The van der Waals surface area contributed by atoms with Crippen molar-refractivity contribution >= 4 is 39.3 Å². The highest BCUT2D eigenvalue weighted by Gasteiger charge is 2.29. The Balaban J connectivity index is 1.74. The topological polar surface area (TPSA) is 75.9 Å². The molecule has 1 saturated carbocycles. The molecule has 1 aliphatic carbocycles. The Labute approximate surface area is 210 Å². The monoisotopic (exact) mass is 548 g/mol. The molecule has 0 saturated heterocycles. The van der Waals surface area contributed by atoms with E-state index in [4.69, 9.17) is 4.74 Å². The van der Waals surface area contributed by atoms with E-state index in [0.717, 1.165) is 28.9 Å². The first kappa shape index (κ1) is 25.1. The van der Waals surface area contributed by atoms with Crippen molar-refractivity contribution in [2.45, 2.75) is 58.6 Å². The zero-order chi connectivity index (χ0) is 25.5. The van der Waals surface area contributed by atoms with Crippen LogP contribution in [0.25, 0.3) is 16.9 Å². The van der Waals surface area contributed by atoms with Crippen LogP contribution in [0.15, 0.2) is 41.1 Å². The number of carbonyl (C=O) groups excluding carboxylic acids is 2. The van der Waals surface area contributed by atoms with Crippen molar-refractivity contribution in [3.05, 3.63) is 52.3 Å². The predicted octanol–water partition coefficient (Wildman–Crippen LogP) is 5.97. The molecule has 1 N–H and O–H groups in total. The number of rotatable bonds is 6. The predicted molar refractivity (Wildman–Crippen MR) is 133 cm³/mol. The maximum absolute atomic E-state index is 13.4. The van der Waals surface area contributed by atoms with Gasteiger partial charge in [-0.25, -0.2) is 18.6 Å². The Morgan fingerprint density at radius 2 is 2.00 bits per heavy atom. The van der Waals surface area contributed by atoms with E-state index in [1.54, 1.807) is 49.7 Å². The van der Waals surface area contributed by atoms with Crippen LogP contribution in [0.5, 0.6) is 0 Å². The first-order chi connectivity index (χ1) is 16.4. The summed E-state index contributed by atoms with van der Waals surface area (Å²) in [6.45, 7) is 6.04. The van der Waals surface area contributed by atoms with Gasteiger partial charge in [0.15, 0.2) is 5.65 Å². The Morgan fingerprint density at radius 3 is 2.60 bits per heavy atom. The van der Waals surface area contributed by atoms with E-state index in [0.29, 0.717) is 21.4 Å². The number of pyridine rings is 1. The fourth-order valence-corrected chi connectivity index (χ4v) is 4.17. The summed E-state index contributed by atoms with van der Waals surface area (Å²) in [6, 6.07) is 7.30. The number of carbonyl (C=O) groups is 2. The van der Waals surface area contributed by atoms with Crippen LogP contribution in [0.1, 0.15) is 49.5 Å². The Bertz CT molecular complexity index is 1280. The number of hydrogen-bond donors (Lipinski definition) is 1. The quantitative estimate of drug-likeness (QED) is 0.411. The maximum atomic E-state index is 13.4. The van der Waals surface area contributed by atoms with Gasteiger partial charge in [0, 0.05) is 27.8 Å². The average molecular weight is 549 g/mol. The molecule has 35 heavy (non-hydrogen) atoms. The van der Waals surface area contributed by atoms with Crippen molar-refractivity contribution < 1.29 is 23.1 Å². The van der Waals surface area contributed by atoms with Gasteiger partial charge in [-0.05, 0) is 80.2 Å². The van der Waals surface area contributed by atoms with E-state index < -0.39 is 24.7 Å². The fourth-order valence-electron chi connectivity index (χ4n) is 3.74. The second kappa shape index (κ2) is 9.56. The highest BCUT2D eigenvalue weighted by Crippen LogP contribution is 2.32. The molecule has 2 amide bonds. The number of hydrogen-bond acceptors (Lipinski definition) is 4. The molecule has 2 aromatic heterocycles. The largest absolute Gasteiger partial charge is 0.443 e. The van der Waals surface area contributed by atoms with Crippen molar-refractivity contribution in [3.63, 3.8) is 0 Å². The van der Waals surface area contributed by atoms with Crippen LogP contribution in [-0.2, 0) is 4.74 Å². The highest BCUT2D eigenvalue weighted by molar-refractivity contribution is 9.10. The van der Waals surface area contributed by atoms with E-state index in [9.17, 15) is 18.4 Å². The summed E-state index contributed by atoms with van der Waals surface area (Å²) < 4.78 is 34.6. The zero-order valence-electron chi connectivity index (χ0n) is 19.9. The minimum Gasteiger partial charge on any atom is -0.443 e. The molecule has 0 radical (unpaired) electrons. The molecule has 4 rings (SSSR count). The Hall–Kier alpha value is -3.01. The number of fused-ring (bicyclic) bond motifs is 1. The molecule has 1 aliphatic rings. The van der Waals surface area contributed by atoms with Crippen LogP contribution >= 0.6 is 15.9 Å². The number of nitrogens with one attached hydrogen (secondary N) is 1. The molecule has 1 aromatic carbocycles. The second-order valence-corrected chi connectivity index (χ2v) is 10.6. The summed E-state index contributed by atoms with van der Waals surface area (Å²) in [4.78, 5) is 30.7. The Kier molecular flexibility index (Phi) is 6.86. The minimum atomic E-state index is -2.77. The minimum absolute atomic E-state index is 0.0975. The summed E-state index contributed by atoms with van der Waals surface area (Å²) in [5.74, 6) is -0.0975. The molecule has 0 spiro atoms. The molecule has 7 nitrogen and oxygen atoms in total. The number of benzene rings is 1. The van der Waals surface area contributed by atoms with Crippen LogP contribution in [0.4, 0.5) is 19.3 Å². The third-order valence-corrected chi connectivity index (χ3v) is 5.89. The van der Waals surface area contributed by atoms with Crippen molar-refractivity contribution in [1.82, 2.24) is 14.7 Å². The second-order valence-electron chi connectivity index (χ2n) is 9.64. The van der Waals surface area contributed by atoms with E-state index in [2.05, 4.69) is 26.2 Å². The first-order valence-corrected chi connectivity index (χ1v) is 12.1. The Morgan fingerprint density at radius 1 is 1.29 bits per heavy atom. The smallest absolute Gasteiger partial charge is 0.415 e. The molecular weight excluding hydrogens is 522 g/mol. The number of aryl methyl sites for hydroxylation is 1. The van der Waals surface area contributed by atoms with Gasteiger partial charge < -0.3 is 10.1 Å². The van der Waals surface area contributed by atoms with Gasteiger partial charge >= 0.3 is 6.09 Å². The van der Waals surface area contributed by atoms with Gasteiger partial charge in [-0.3, -0.25) is 14.1 Å². The molecule has 1 fully saturated rings. The van der Waals surface area contributed by atoms with Crippen LogP contribution < -0.4 is 10.2 Å². The molecule has 0 unspecified atom stereocenters. The van der Waals surface area contributed by atoms with Gasteiger partial charge in [-0.1, -0.05) is 6.07 Å². The molecule has 0 bridgehead atoms. The normalized spacial score (nSPS) is 13.8. The van der Waals surface area contributed by atoms with Crippen molar-refractivity contribution in [2.24, 2.45) is 0 Å². The summed E-state index contributed by atoms with van der Waals surface area (Å²) in [7, 11) is 0. The number of ether oxygens (including phenoxy) is 1. The van der Waals surface area contributed by atoms with Crippen LogP contribution in [-0.4, -0.2) is 46.0 Å². The zero-order valence-corrected chi connectivity index (χ0v) is 21.5. The summed E-state index contributed by atoms with van der Waals surface area (Å²) in [5.41, 5.74) is 2.54. The molecule has 186 valence electrons. The first-order valence-electron chi connectivity index (χ1n) is 11.3. The van der Waals surface area contributed by atoms with Crippen LogP contribution in [0.2, 0.25) is 0 Å². The molecule has 2 heterocycles. The molecule has 3 aromatic rings. The lowest BCUT2D eigenvalue weighted by atomic mass is 10.0. The number of amides is 2. The van der Waals surface area contributed by atoms with Crippen molar-refractivity contribution in [3.8, 4) is 11.3 Å².